The van der Waals surface area contributed by atoms with E-state index in [-0.39, 0.29) is 11.3 Å². The molecule has 7 nitrogen and oxygen atoms in total. The van der Waals surface area contributed by atoms with Crippen LogP contribution in [0.3, 0.4) is 0 Å². The number of amides is 2. The fourth-order valence-corrected chi connectivity index (χ4v) is 3.53. The average molecular weight is 413 g/mol. The van der Waals surface area contributed by atoms with Gasteiger partial charge in [-0.25, -0.2) is 9.10 Å². The van der Waals surface area contributed by atoms with E-state index in [1.807, 2.05) is 31.2 Å². The second-order valence-electron chi connectivity index (χ2n) is 7.22. The van der Waals surface area contributed by atoms with Crippen molar-refractivity contribution < 1.29 is 14.5 Å². The first-order chi connectivity index (χ1) is 13.7. The Balaban J connectivity index is 1.78. The number of nitro benzene ring substituents is 1. The second kappa shape index (κ2) is 8.16. The molecule has 0 saturated carbocycles. The van der Waals surface area contributed by atoms with Crippen molar-refractivity contribution in [2.45, 2.75) is 39.2 Å². The van der Waals surface area contributed by atoms with Crippen molar-refractivity contribution >= 4 is 42.0 Å². The van der Waals surface area contributed by atoms with Gasteiger partial charge in [-0.2, -0.15) is 0 Å². The molecule has 29 heavy (non-hydrogen) atoms. The maximum Gasteiger partial charge on any atom is 0.336 e. The molecule has 1 aliphatic heterocycles. The van der Waals surface area contributed by atoms with E-state index < -0.39 is 11.0 Å². The Morgan fingerprint density at radius 1 is 1.31 bits per heavy atom. The third kappa shape index (κ3) is 4.54. The Morgan fingerprint density at radius 3 is 2.62 bits per heavy atom. The number of carbonyl (C=O) groups excluding carboxylic acids is 1. The Hall–Kier alpha value is -3.00. The molecule has 0 saturated heterocycles. The summed E-state index contributed by atoms with van der Waals surface area (Å²) in [5.74, 6) is 0.780. The standard InChI is InChI=1S/C21H23N3O4S/c1-4-10-21(3)11-9-15-13-18(14(2)12-19(15)28-21)23(29)20(25)22-16-5-7-17(8-6-16)24(26)27/h5-9,11-13,29H,4,10H2,1-3H3,(H,22,25). The summed E-state index contributed by atoms with van der Waals surface area (Å²) in [6.45, 7) is 6.06. The summed E-state index contributed by atoms with van der Waals surface area (Å²) in [5, 5.41) is 13.4. The van der Waals surface area contributed by atoms with Crippen LogP contribution in [0.15, 0.2) is 42.5 Å². The van der Waals surface area contributed by atoms with Crippen LogP contribution < -0.4 is 14.4 Å². The van der Waals surface area contributed by atoms with Crippen LogP contribution in [0.5, 0.6) is 5.75 Å². The quantitative estimate of drug-likeness (QED) is 0.371. The van der Waals surface area contributed by atoms with Gasteiger partial charge in [0.2, 0.25) is 0 Å². The number of rotatable bonds is 5. The number of fused-ring (bicyclic) bond motifs is 1. The van der Waals surface area contributed by atoms with E-state index in [1.54, 1.807) is 0 Å². The highest BCUT2D eigenvalue weighted by molar-refractivity contribution is 7.82. The molecule has 1 atom stereocenters. The van der Waals surface area contributed by atoms with Gasteiger partial charge in [0.05, 0.1) is 10.6 Å². The van der Waals surface area contributed by atoms with Crippen molar-refractivity contribution in [3.05, 3.63) is 63.7 Å². The zero-order valence-corrected chi connectivity index (χ0v) is 17.4. The number of carbonyl (C=O) groups is 1. The summed E-state index contributed by atoms with van der Waals surface area (Å²) >= 11 is 4.35. The number of ether oxygens (including phenoxy) is 1. The topological polar surface area (TPSA) is 84.7 Å². The lowest BCUT2D eigenvalue weighted by Crippen LogP contribution is -2.32. The number of hydrogen-bond donors (Lipinski definition) is 2. The molecular formula is C21H23N3O4S. The predicted octanol–water partition coefficient (Wildman–Crippen LogP) is 5.75. The molecular weight excluding hydrogens is 390 g/mol. The van der Waals surface area contributed by atoms with Crippen LogP contribution in [0, 0.1) is 17.0 Å². The van der Waals surface area contributed by atoms with E-state index in [1.165, 1.54) is 28.6 Å². The first kappa shape index (κ1) is 20.7. The number of urea groups is 1. The molecule has 8 heteroatoms. The largest absolute Gasteiger partial charge is 0.483 e. The molecule has 1 N–H and O–H groups in total. The predicted molar refractivity (Wildman–Crippen MR) is 118 cm³/mol. The zero-order chi connectivity index (χ0) is 21.2. The van der Waals surface area contributed by atoms with Crippen molar-refractivity contribution in [3.8, 4) is 5.75 Å². The monoisotopic (exact) mass is 413 g/mol. The first-order valence-electron chi connectivity index (χ1n) is 9.30. The molecule has 2 aromatic carbocycles. The van der Waals surface area contributed by atoms with Crippen LogP contribution in [0.25, 0.3) is 6.08 Å². The highest BCUT2D eigenvalue weighted by Crippen LogP contribution is 2.38. The van der Waals surface area contributed by atoms with Crippen LogP contribution in [0.1, 0.15) is 37.8 Å². The number of nitrogens with one attached hydrogen (secondary N) is 1. The Kier molecular flexibility index (Phi) is 5.83. The maximum atomic E-state index is 12.6. The molecule has 1 unspecified atom stereocenters. The number of nitrogens with zero attached hydrogens (tertiary/aromatic N) is 2. The maximum absolute atomic E-state index is 12.6. The number of nitro groups is 1. The summed E-state index contributed by atoms with van der Waals surface area (Å²) in [7, 11) is 0. The van der Waals surface area contributed by atoms with Crippen LogP contribution in [-0.2, 0) is 0 Å². The van der Waals surface area contributed by atoms with E-state index in [0.717, 1.165) is 29.7 Å². The number of anilines is 2. The van der Waals surface area contributed by atoms with Crippen molar-refractivity contribution in [2.75, 3.05) is 9.62 Å². The smallest absolute Gasteiger partial charge is 0.336 e. The number of benzene rings is 2. The minimum atomic E-state index is -0.492. The van der Waals surface area contributed by atoms with E-state index in [9.17, 15) is 14.9 Å². The molecule has 0 bridgehead atoms. The zero-order valence-electron chi connectivity index (χ0n) is 16.5. The fourth-order valence-electron chi connectivity index (χ4n) is 3.27. The van der Waals surface area contributed by atoms with Gasteiger partial charge in [-0.15, -0.1) is 0 Å². The van der Waals surface area contributed by atoms with Gasteiger partial charge >= 0.3 is 6.03 Å². The summed E-state index contributed by atoms with van der Waals surface area (Å²) in [4.78, 5) is 22.8. The molecule has 2 aromatic rings. The molecule has 2 amide bonds. The summed E-state index contributed by atoms with van der Waals surface area (Å²) < 4.78 is 7.39. The number of hydrogen-bond acceptors (Lipinski definition) is 5. The van der Waals surface area contributed by atoms with Crippen LogP contribution in [-0.4, -0.2) is 16.6 Å². The molecule has 0 radical (unpaired) electrons. The molecule has 0 fully saturated rings. The fraction of sp³-hybridized carbons (Fsp3) is 0.286. The van der Waals surface area contributed by atoms with Crippen LogP contribution in [0.4, 0.5) is 21.9 Å². The molecule has 1 heterocycles. The van der Waals surface area contributed by atoms with Crippen LogP contribution in [0.2, 0.25) is 0 Å². The Labute approximate surface area is 175 Å². The lowest BCUT2D eigenvalue weighted by Gasteiger charge is -2.32. The lowest BCUT2D eigenvalue weighted by molar-refractivity contribution is -0.384. The van der Waals surface area contributed by atoms with Crippen molar-refractivity contribution in [3.63, 3.8) is 0 Å². The third-order valence-electron chi connectivity index (χ3n) is 4.78. The van der Waals surface area contributed by atoms with Gasteiger partial charge in [-0.3, -0.25) is 10.1 Å². The van der Waals surface area contributed by atoms with Gasteiger partial charge in [-0.1, -0.05) is 32.2 Å². The number of thiol groups is 1. The van der Waals surface area contributed by atoms with Gasteiger partial charge in [0.15, 0.2) is 0 Å². The summed E-state index contributed by atoms with van der Waals surface area (Å²) in [6.07, 6.45) is 5.98. The molecule has 0 aliphatic carbocycles. The highest BCUT2D eigenvalue weighted by atomic mass is 32.1. The van der Waals surface area contributed by atoms with E-state index >= 15 is 0 Å². The first-order valence-corrected chi connectivity index (χ1v) is 9.70. The Morgan fingerprint density at radius 2 is 2.00 bits per heavy atom. The third-order valence-corrected chi connectivity index (χ3v) is 5.18. The van der Waals surface area contributed by atoms with Crippen molar-refractivity contribution in [1.29, 1.82) is 0 Å². The number of aryl methyl sites for hydroxylation is 1. The minimum absolute atomic E-state index is 0.0434. The summed E-state index contributed by atoms with van der Waals surface area (Å²) in [6, 6.07) is 8.91. The minimum Gasteiger partial charge on any atom is -0.483 e. The summed E-state index contributed by atoms with van der Waals surface area (Å²) in [5.41, 5.74) is 2.41. The molecule has 0 spiro atoms. The molecule has 1 aliphatic rings. The van der Waals surface area contributed by atoms with Gasteiger partial charge in [0, 0.05) is 23.4 Å². The Bertz CT molecular complexity index is 975. The molecule has 152 valence electrons. The van der Waals surface area contributed by atoms with Gasteiger partial charge < -0.3 is 10.1 Å². The van der Waals surface area contributed by atoms with Crippen molar-refractivity contribution in [1.82, 2.24) is 0 Å². The number of non-ortho nitro benzene ring substituents is 1. The van der Waals surface area contributed by atoms with Gasteiger partial charge in [0.25, 0.3) is 5.69 Å². The molecule has 0 aromatic heterocycles. The lowest BCUT2D eigenvalue weighted by atomic mass is 9.95. The second-order valence-corrected chi connectivity index (χ2v) is 7.62. The highest BCUT2D eigenvalue weighted by Gasteiger charge is 2.27. The van der Waals surface area contributed by atoms with Crippen LogP contribution >= 0.6 is 12.8 Å². The normalized spacial score (nSPS) is 17.2. The van der Waals surface area contributed by atoms with Crippen molar-refractivity contribution in [2.24, 2.45) is 0 Å². The van der Waals surface area contributed by atoms with Gasteiger partial charge in [-0.05, 0) is 56.2 Å². The van der Waals surface area contributed by atoms with Gasteiger partial charge in [0.1, 0.15) is 11.4 Å². The van der Waals surface area contributed by atoms with E-state index in [0.29, 0.717) is 11.4 Å². The van der Waals surface area contributed by atoms with E-state index in [4.69, 9.17) is 4.74 Å². The average Bonchev–Trinajstić information content (AvgIpc) is 2.67. The van der Waals surface area contributed by atoms with E-state index in [2.05, 4.69) is 32.0 Å². The SMILES string of the molecule is CCCC1(C)C=Cc2cc(N(S)C(=O)Nc3ccc([N+](=O)[O-])cc3)c(C)cc2O1. The molecule has 3 rings (SSSR count).